The standard InChI is InChI=1S/C25H35N3O2/c1-4-7-11-21(22-12-8-9-13-24(22)30-18-10-16-26)23-15-14-20(19-27-23)25(29)28(6-3)17-5-2/h8-9,11-15,19H,4-7,10,16-18,26H2,1-3H3/b21-11+. The van der Waals surface area contributed by atoms with Crippen LogP contribution in [0.2, 0.25) is 0 Å². The van der Waals surface area contributed by atoms with E-state index in [4.69, 9.17) is 10.5 Å². The van der Waals surface area contributed by atoms with Crippen LogP contribution in [0.3, 0.4) is 0 Å². The predicted octanol–water partition coefficient (Wildman–Crippen LogP) is 4.91. The van der Waals surface area contributed by atoms with Gasteiger partial charge in [-0.15, -0.1) is 0 Å². The Morgan fingerprint density at radius 3 is 2.57 bits per heavy atom. The molecule has 5 nitrogen and oxygen atoms in total. The van der Waals surface area contributed by atoms with Gasteiger partial charge < -0.3 is 15.4 Å². The number of nitrogens with two attached hydrogens (primary N) is 1. The lowest BCUT2D eigenvalue weighted by atomic mass is 9.99. The average Bonchev–Trinajstić information content (AvgIpc) is 2.78. The van der Waals surface area contributed by atoms with Crippen LogP contribution in [0.4, 0.5) is 0 Å². The zero-order chi connectivity index (χ0) is 21.8. The molecule has 0 aliphatic rings. The Morgan fingerprint density at radius 2 is 1.93 bits per heavy atom. The summed E-state index contributed by atoms with van der Waals surface area (Å²) >= 11 is 0. The molecule has 1 aromatic carbocycles. The van der Waals surface area contributed by atoms with Gasteiger partial charge in [-0.1, -0.05) is 44.5 Å². The van der Waals surface area contributed by atoms with E-state index in [2.05, 4.69) is 31.0 Å². The number of hydrogen-bond donors (Lipinski definition) is 1. The molecular formula is C25H35N3O2. The van der Waals surface area contributed by atoms with Crippen LogP contribution >= 0.6 is 0 Å². The fourth-order valence-corrected chi connectivity index (χ4v) is 3.26. The summed E-state index contributed by atoms with van der Waals surface area (Å²) in [5.74, 6) is 0.860. The lowest BCUT2D eigenvalue weighted by Crippen LogP contribution is -2.31. The average molecular weight is 410 g/mol. The zero-order valence-electron chi connectivity index (χ0n) is 18.6. The number of allylic oxidation sites excluding steroid dienone is 1. The van der Waals surface area contributed by atoms with Crippen LogP contribution in [-0.2, 0) is 0 Å². The third-order valence-corrected chi connectivity index (χ3v) is 4.87. The molecule has 5 heteroatoms. The van der Waals surface area contributed by atoms with E-state index in [1.807, 2.05) is 42.2 Å². The fraction of sp³-hybridized carbons (Fsp3) is 0.440. The summed E-state index contributed by atoms with van der Waals surface area (Å²) < 4.78 is 5.99. The first-order valence-corrected chi connectivity index (χ1v) is 11.0. The maximum absolute atomic E-state index is 12.7. The molecule has 0 saturated carbocycles. The molecule has 0 atom stereocenters. The number of amides is 1. The summed E-state index contributed by atoms with van der Waals surface area (Å²) in [4.78, 5) is 19.2. The van der Waals surface area contributed by atoms with Gasteiger partial charge in [-0.2, -0.15) is 0 Å². The minimum absolute atomic E-state index is 0.0306. The van der Waals surface area contributed by atoms with Gasteiger partial charge in [-0.25, -0.2) is 0 Å². The molecule has 0 aliphatic carbocycles. The summed E-state index contributed by atoms with van der Waals surface area (Å²) in [6.07, 6.45) is 7.62. The Hall–Kier alpha value is -2.66. The Morgan fingerprint density at radius 1 is 1.13 bits per heavy atom. The monoisotopic (exact) mass is 409 g/mol. The van der Waals surface area contributed by atoms with Crippen molar-refractivity contribution in [1.82, 2.24) is 9.88 Å². The fourth-order valence-electron chi connectivity index (χ4n) is 3.26. The first kappa shape index (κ1) is 23.6. The molecule has 0 radical (unpaired) electrons. The second kappa shape index (κ2) is 12.8. The highest BCUT2D eigenvalue weighted by Crippen LogP contribution is 2.31. The van der Waals surface area contributed by atoms with E-state index >= 15 is 0 Å². The van der Waals surface area contributed by atoms with Crippen molar-refractivity contribution in [1.29, 1.82) is 0 Å². The largest absolute Gasteiger partial charge is 0.493 e. The van der Waals surface area contributed by atoms with Gasteiger partial charge in [0.1, 0.15) is 5.75 Å². The van der Waals surface area contributed by atoms with Gasteiger partial charge in [0.25, 0.3) is 5.91 Å². The maximum atomic E-state index is 12.7. The second-order valence-electron chi connectivity index (χ2n) is 7.21. The van der Waals surface area contributed by atoms with Crippen molar-refractivity contribution in [2.45, 2.75) is 46.5 Å². The first-order valence-electron chi connectivity index (χ1n) is 11.0. The molecule has 0 spiro atoms. The zero-order valence-corrected chi connectivity index (χ0v) is 18.6. The van der Waals surface area contributed by atoms with Gasteiger partial charge in [-0.3, -0.25) is 9.78 Å². The van der Waals surface area contributed by atoms with Gasteiger partial charge >= 0.3 is 0 Å². The van der Waals surface area contributed by atoms with Crippen molar-refractivity contribution >= 4 is 11.5 Å². The Kier molecular flexibility index (Phi) is 10.1. The molecule has 162 valence electrons. The lowest BCUT2D eigenvalue weighted by Gasteiger charge is -2.20. The number of ether oxygens (including phenoxy) is 1. The molecule has 1 amide bonds. The number of rotatable bonds is 12. The van der Waals surface area contributed by atoms with Crippen LogP contribution in [0.15, 0.2) is 48.7 Å². The smallest absolute Gasteiger partial charge is 0.255 e. The lowest BCUT2D eigenvalue weighted by molar-refractivity contribution is 0.0764. The van der Waals surface area contributed by atoms with E-state index in [-0.39, 0.29) is 5.91 Å². The summed E-state index contributed by atoms with van der Waals surface area (Å²) in [6.45, 7) is 8.87. The normalized spacial score (nSPS) is 11.4. The van der Waals surface area contributed by atoms with E-state index in [1.165, 1.54) is 0 Å². The highest BCUT2D eigenvalue weighted by atomic mass is 16.5. The molecule has 0 fully saturated rings. The van der Waals surface area contributed by atoms with Gasteiger partial charge in [0.05, 0.1) is 17.9 Å². The molecule has 30 heavy (non-hydrogen) atoms. The summed E-state index contributed by atoms with van der Waals surface area (Å²) in [5.41, 5.74) is 9.10. The van der Waals surface area contributed by atoms with Crippen molar-refractivity contribution in [2.24, 2.45) is 5.73 Å². The number of aromatic nitrogens is 1. The second-order valence-corrected chi connectivity index (χ2v) is 7.21. The van der Waals surface area contributed by atoms with E-state index in [0.717, 1.165) is 54.8 Å². The Balaban J connectivity index is 2.34. The number of benzene rings is 1. The molecule has 2 N–H and O–H groups in total. The molecular weight excluding hydrogens is 374 g/mol. The number of carbonyl (C=O) groups is 1. The van der Waals surface area contributed by atoms with E-state index in [0.29, 0.717) is 25.3 Å². The third kappa shape index (κ3) is 6.42. The molecule has 0 bridgehead atoms. The minimum atomic E-state index is 0.0306. The number of nitrogens with zero attached hydrogens (tertiary/aromatic N) is 2. The number of carbonyl (C=O) groups excluding carboxylic acids is 1. The van der Waals surface area contributed by atoms with Crippen LogP contribution in [0.1, 0.15) is 68.1 Å². The minimum Gasteiger partial charge on any atom is -0.493 e. The van der Waals surface area contributed by atoms with Gasteiger partial charge in [0, 0.05) is 30.4 Å². The number of unbranched alkanes of at least 4 members (excludes halogenated alkanes) is 1. The van der Waals surface area contributed by atoms with Crippen molar-refractivity contribution in [3.63, 3.8) is 0 Å². The molecule has 0 aliphatic heterocycles. The Labute approximate surface area is 181 Å². The van der Waals surface area contributed by atoms with Gasteiger partial charge in [0.15, 0.2) is 0 Å². The highest BCUT2D eigenvalue weighted by molar-refractivity contribution is 5.94. The SMILES string of the molecule is CCC/C=C(/c1ccc(C(=O)N(CC)CCC)cn1)c1ccccc1OCCCN. The van der Waals surface area contributed by atoms with Crippen LogP contribution < -0.4 is 10.5 Å². The number of hydrogen-bond acceptors (Lipinski definition) is 4. The van der Waals surface area contributed by atoms with Crippen LogP contribution in [-0.4, -0.2) is 42.0 Å². The summed E-state index contributed by atoms with van der Waals surface area (Å²) in [7, 11) is 0. The summed E-state index contributed by atoms with van der Waals surface area (Å²) in [5, 5.41) is 0. The summed E-state index contributed by atoms with van der Waals surface area (Å²) in [6, 6.07) is 11.8. The molecule has 2 aromatic rings. The van der Waals surface area contributed by atoms with Crippen LogP contribution in [0.5, 0.6) is 5.75 Å². The first-order chi connectivity index (χ1) is 14.7. The molecule has 0 unspecified atom stereocenters. The van der Waals surface area contributed by atoms with Crippen molar-refractivity contribution in [3.05, 3.63) is 65.5 Å². The third-order valence-electron chi connectivity index (χ3n) is 4.87. The highest BCUT2D eigenvalue weighted by Gasteiger charge is 2.16. The topological polar surface area (TPSA) is 68.5 Å². The maximum Gasteiger partial charge on any atom is 0.255 e. The molecule has 1 heterocycles. The molecule has 2 rings (SSSR count). The Bertz CT molecular complexity index is 815. The van der Waals surface area contributed by atoms with Gasteiger partial charge in [-0.05, 0) is 50.9 Å². The van der Waals surface area contributed by atoms with E-state index < -0.39 is 0 Å². The number of pyridine rings is 1. The quantitative estimate of drug-likeness (QED) is 0.506. The van der Waals surface area contributed by atoms with E-state index in [1.54, 1.807) is 6.20 Å². The number of para-hydroxylation sites is 1. The van der Waals surface area contributed by atoms with Crippen molar-refractivity contribution in [2.75, 3.05) is 26.2 Å². The van der Waals surface area contributed by atoms with Crippen molar-refractivity contribution in [3.8, 4) is 5.75 Å². The molecule has 0 saturated heterocycles. The van der Waals surface area contributed by atoms with Crippen LogP contribution in [0.25, 0.3) is 5.57 Å². The van der Waals surface area contributed by atoms with Crippen molar-refractivity contribution < 1.29 is 9.53 Å². The van der Waals surface area contributed by atoms with Gasteiger partial charge in [0.2, 0.25) is 0 Å². The van der Waals surface area contributed by atoms with E-state index in [9.17, 15) is 4.79 Å². The predicted molar refractivity (Wildman–Crippen MR) is 124 cm³/mol. The van der Waals surface area contributed by atoms with Crippen LogP contribution in [0, 0.1) is 0 Å². The molecule has 1 aromatic heterocycles.